The lowest BCUT2D eigenvalue weighted by molar-refractivity contribution is -0.0995. The Morgan fingerprint density at radius 1 is 1.38 bits per heavy atom. The van der Waals surface area contributed by atoms with Crippen LogP contribution in [0.25, 0.3) is 0 Å². The van der Waals surface area contributed by atoms with Crippen molar-refractivity contribution in [3.8, 4) is 6.07 Å². The Hall–Kier alpha value is -0.590. The van der Waals surface area contributed by atoms with Crippen molar-refractivity contribution < 1.29 is 5.11 Å². The van der Waals surface area contributed by atoms with Crippen molar-refractivity contribution in [2.24, 2.45) is 5.41 Å². The molecule has 0 aromatic rings. The number of hydrogen-bond acceptors (Lipinski definition) is 3. The Labute approximate surface area is 99.1 Å². The molecule has 0 saturated carbocycles. The van der Waals surface area contributed by atoms with Crippen molar-refractivity contribution >= 4 is 0 Å². The van der Waals surface area contributed by atoms with Crippen LogP contribution in [0.15, 0.2) is 0 Å². The van der Waals surface area contributed by atoms with Crippen LogP contribution >= 0.6 is 0 Å². The zero-order chi connectivity index (χ0) is 12.2. The summed E-state index contributed by atoms with van der Waals surface area (Å²) in [4.78, 5) is 2.29. The van der Waals surface area contributed by atoms with E-state index in [0.717, 1.165) is 45.3 Å². The minimum absolute atomic E-state index is 0.181. The van der Waals surface area contributed by atoms with Gasteiger partial charge in [-0.15, -0.1) is 0 Å². The fourth-order valence-electron chi connectivity index (χ4n) is 2.13. The third-order valence-electron chi connectivity index (χ3n) is 3.52. The number of aliphatic hydroxyl groups is 1. The van der Waals surface area contributed by atoms with Crippen LogP contribution in [0.5, 0.6) is 0 Å². The summed E-state index contributed by atoms with van der Waals surface area (Å²) in [5.74, 6) is 0. The van der Waals surface area contributed by atoms with Gasteiger partial charge in [0.25, 0.3) is 0 Å². The van der Waals surface area contributed by atoms with E-state index in [9.17, 15) is 5.11 Å². The van der Waals surface area contributed by atoms with Crippen LogP contribution in [0.3, 0.4) is 0 Å². The van der Waals surface area contributed by atoms with Crippen LogP contribution in [-0.4, -0.2) is 35.2 Å². The molecule has 1 fully saturated rings. The van der Waals surface area contributed by atoms with Crippen LogP contribution in [0.1, 0.15) is 46.5 Å². The molecule has 16 heavy (non-hydrogen) atoms. The van der Waals surface area contributed by atoms with Gasteiger partial charge in [-0.3, -0.25) is 4.90 Å². The second-order valence-electron chi connectivity index (χ2n) is 5.74. The molecule has 0 aromatic heterocycles. The number of β-amino-alcohol motifs (C(OH)–C–C–N with tert-alkyl or cyclic N) is 1. The van der Waals surface area contributed by atoms with Gasteiger partial charge in [0, 0.05) is 13.1 Å². The van der Waals surface area contributed by atoms with Gasteiger partial charge in [0.05, 0.1) is 17.1 Å². The summed E-state index contributed by atoms with van der Waals surface area (Å²) in [5.41, 5.74) is -0.592. The molecule has 1 aliphatic heterocycles. The molecule has 0 radical (unpaired) electrons. The Morgan fingerprint density at radius 2 is 2.00 bits per heavy atom. The largest absolute Gasteiger partial charge is 0.387 e. The first-order valence-electron chi connectivity index (χ1n) is 6.27. The predicted octanol–water partition coefficient (Wildman–Crippen LogP) is 2.16. The van der Waals surface area contributed by atoms with Crippen molar-refractivity contribution in [1.29, 1.82) is 5.26 Å². The van der Waals surface area contributed by atoms with Gasteiger partial charge in [0.15, 0.2) is 0 Å². The number of hydrogen-bond donors (Lipinski definition) is 1. The second-order valence-corrected chi connectivity index (χ2v) is 5.74. The van der Waals surface area contributed by atoms with Gasteiger partial charge < -0.3 is 5.11 Å². The number of rotatable bonds is 6. The van der Waals surface area contributed by atoms with Crippen LogP contribution in [0, 0.1) is 16.7 Å². The fourth-order valence-corrected chi connectivity index (χ4v) is 2.13. The molecule has 1 aliphatic rings. The smallest absolute Gasteiger partial charge is 0.0897 e. The monoisotopic (exact) mass is 224 g/mol. The average Bonchev–Trinajstić information content (AvgIpc) is 2.21. The summed E-state index contributed by atoms with van der Waals surface area (Å²) in [6, 6.07) is 2.33. The van der Waals surface area contributed by atoms with Crippen LogP contribution in [0.4, 0.5) is 0 Å². The van der Waals surface area contributed by atoms with Crippen molar-refractivity contribution in [2.75, 3.05) is 19.6 Å². The number of nitrogens with zero attached hydrogens (tertiary/aromatic N) is 2. The molecule has 0 spiro atoms. The molecule has 0 bridgehead atoms. The van der Waals surface area contributed by atoms with E-state index in [-0.39, 0.29) is 5.41 Å². The minimum Gasteiger partial charge on any atom is -0.387 e. The summed E-state index contributed by atoms with van der Waals surface area (Å²) in [5, 5.41) is 18.7. The van der Waals surface area contributed by atoms with Gasteiger partial charge in [-0.1, -0.05) is 13.3 Å². The van der Waals surface area contributed by atoms with E-state index in [1.807, 2.05) is 20.8 Å². The second kappa shape index (κ2) is 5.16. The Kier molecular flexibility index (Phi) is 4.35. The van der Waals surface area contributed by atoms with Gasteiger partial charge >= 0.3 is 0 Å². The lowest BCUT2D eigenvalue weighted by Crippen LogP contribution is -2.61. The van der Waals surface area contributed by atoms with Gasteiger partial charge in [0.1, 0.15) is 0 Å². The molecule has 1 heterocycles. The van der Waals surface area contributed by atoms with E-state index >= 15 is 0 Å². The van der Waals surface area contributed by atoms with E-state index in [4.69, 9.17) is 5.26 Å². The third-order valence-corrected chi connectivity index (χ3v) is 3.52. The van der Waals surface area contributed by atoms with Crippen LogP contribution in [-0.2, 0) is 0 Å². The Balaban J connectivity index is 2.05. The molecule has 1 saturated heterocycles. The van der Waals surface area contributed by atoms with Crippen molar-refractivity contribution in [3.63, 3.8) is 0 Å². The first kappa shape index (κ1) is 13.5. The molecule has 0 aliphatic carbocycles. The summed E-state index contributed by atoms with van der Waals surface area (Å²) in [6.45, 7) is 8.73. The maximum atomic E-state index is 9.83. The molecule has 3 nitrogen and oxygen atoms in total. The van der Waals surface area contributed by atoms with Crippen LogP contribution in [0.2, 0.25) is 0 Å². The molecule has 0 amide bonds. The summed E-state index contributed by atoms with van der Waals surface area (Å²) >= 11 is 0. The lowest BCUT2D eigenvalue weighted by Gasteiger charge is -2.46. The van der Waals surface area contributed by atoms with Gasteiger partial charge in [-0.2, -0.15) is 5.26 Å². The molecular weight excluding hydrogens is 200 g/mol. The molecule has 1 rings (SSSR count). The molecule has 0 aromatic carbocycles. The highest BCUT2D eigenvalue weighted by atomic mass is 16.3. The summed E-state index contributed by atoms with van der Waals surface area (Å²) in [7, 11) is 0. The van der Waals surface area contributed by atoms with Crippen molar-refractivity contribution in [3.05, 3.63) is 0 Å². The van der Waals surface area contributed by atoms with E-state index < -0.39 is 5.60 Å². The molecule has 1 N–H and O–H groups in total. The third kappa shape index (κ3) is 3.77. The quantitative estimate of drug-likeness (QED) is 0.703. The first-order chi connectivity index (χ1) is 7.41. The molecular formula is C13H24N2O. The van der Waals surface area contributed by atoms with E-state index in [1.54, 1.807) is 0 Å². The predicted molar refractivity (Wildman–Crippen MR) is 64.9 cm³/mol. The summed E-state index contributed by atoms with van der Waals surface area (Å²) < 4.78 is 0. The highest BCUT2D eigenvalue weighted by Crippen LogP contribution is 2.25. The number of unbranched alkanes of at least 4 members (excludes halogenated alkanes) is 1. The van der Waals surface area contributed by atoms with Gasteiger partial charge in [-0.05, 0) is 39.7 Å². The van der Waals surface area contributed by atoms with Crippen LogP contribution < -0.4 is 0 Å². The molecule has 0 unspecified atom stereocenters. The maximum Gasteiger partial charge on any atom is 0.0897 e. The van der Waals surface area contributed by atoms with Crippen molar-refractivity contribution in [1.82, 2.24) is 4.90 Å². The van der Waals surface area contributed by atoms with Gasteiger partial charge in [-0.25, -0.2) is 0 Å². The standard InChI is InChI=1S/C13H24N2O/c1-4-13(16)10-15(11-13)8-6-5-7-12(2,3)9-14/h16H,4-8,10-11H2,1-3H3. The molecule has 3 heteroatoms. The van der Waals surface area contributed by atoms with E-state index in [0.29, 0.717) is 0 Å². The lowest BCUT2D eigenvalue weighted by atomic mass is 9.88. The Morgan fingerprint density at radius 3 is 2.50 bits per heavy atom. The average molecular weight is 224 g/mol. The van der Waals surface area contributed by atoms with E-state index in [2.05, 4.69) is 11.0 Å². The number of likely N-dealkylation sites (tertiary alicyclic amines) is 1. The zero-order valence-electron chi connectivity index (χ0n) is 10.8. The highest BCUT2D eigenvalue weighted by Gasteiger charge is 2.38. The highest BCUT2D eigenvalue weighted by molar-refractivity contribution is 4.94. The molecule has 0 atom stereocenters. The topological polar surface area (TPSA) is 47.3 Å². The molecule has 92 valence electrons. The summed E-state index contributed by atoms with van der Waals surface area (Å²) in [6.07, 6.45) is 4.05. The van der Waals surface area contributed by atoms with Crippen molar-refractivity contribution in [2.45, 2.75) is 52.1 Å². The van der Waals surface area contributed by atoms with E-state index in [1.165, 1.54) is 0 Å². The zero-order valence-corrected chi connectivity index (χ0v) is 10.8. The fraction of sp³-hybridized carbons (Fsp3) is 0.923. The Bertz CT molecular complexity index is 262. The van der Waals surface area contributed by atoms with Gasteiger partial charge in [0.2, 0.25) is 0 Å². The first-order valence-corrected chi connectivity index (χ1v) is 6.27. The SMILES string of the molecule is CCC1(O)CN(CCCCC(C)(C)C#N)C1. The minimum atomic E-state index is -0.411. The normalized spacial score (nSPS) is 20.2. The maximum absolute atomic E-state index is 9.83. The number of nitriles is 1.